The first-order valence-corrected chi connectivity index (χ1v) is 7.64. The van der Waals surface area contributed by atoms with Crippen molar-refractivity contribution in [3.8, 4) is 0 Å². The molecule has 2 aromatic rings. The molecule has 1 N–H and O–H groups in total. The predicted molar refractivity (Wildman–Crippen MR) is 71.6 cm³/mol. The topological polar surface area (TPSA) is 46.0 Å². The van der Waals surface area contributed by atoms with Crippen molar-refractivity contribution < 1.29 is 5.11 Å². The van der Waals surface area contributed by atoms with E-state index < -0.39 is 0 Å². The maximum Gasteiger partial charge on any atom is 0.0794 e. The van der Waals surface area contributed by atoms with E-state index in [2.05, 4.69) is 20.7 Å². The average molecular weight is 268 g/mol. The summed E-state index contributed by atoms with van der Waals surface area (Å²) in [6.07, 6.45) is 2.30. The van der Waals surface area contributed by atoms with Gasteiger partial charge in [0, 0.05) is 16.7 Å². The normalized spacial score (nSPS) is 13.1. The van der Waals surface area contributed by atoms with Crippen LogP contribution in [0.5, 0.6) is 0 Å². The van der Waals surface area contributed by atoms with Gasteiger partial charge in [0.05, 0.1) is 28.5 Å². The fourth-order valence-corrected chi connectivity index (χ4v) is 3.01. The lowest BCUT2D eigenvalue weighted by molar-refractivity contribution is 0.156. The van der Waals surface area contributed by atoms with E-state index in [0.717, 1.165) is 30.7 Å². The van der Waals surface area contributed by atoms with Crippen molar-refractivity contribution in [2.75, 3.05) is 0 Å². The van der Waals surface area contributed by atoms with Crippen molar-refractivity contribution >= 4 is 22.7 Å². The van der Waals surface area contributed by atoms with Gasteiger partial charge < -0.3 is 5.11 Å². The molecule has 2 heterocycles. The van der Waals surface area contributed by atoms with Crippen LogP contribution in [0.15, 0.2) is 21.8 Å². The van der Waals surface area contributed by atoms with Crippen LogP contribution in [0.1, 0.15) is 43.5 Å². The van der Waals surface area contributed by atoms with Crippen molar-refractivity contribution in [3.63, 3.8) is 0 Å². The number of nitrogens with zero attached hydrogens (tertiary/aromatic N) is 2. The van der Waals surface area contributed by atoms with E-state index in [1.165, 1.54) is 0 Å². The van der Waals surface area contributed by atoms with E-state index in [1.807, 2.05) is 17.9 Å². The van der Waals surface area contributed by atoms with E-state index in [4.69, 9.17) is 0 Å². The second-order valence-corrected chi connectivity index (χ2v) is 5.46. The Bertz CT molecular complexity index is 379. The summed E-state index contributed by atoms with van der Waals surface area (Å²) < 4.78 is 0. The van der Waals surface area contributed by atoms with Crippen molar-refractivity contribution in [1.82, 2.24) is 9.97 Å². The Balaban J connectivity index is 2.09. The number of thiazole rings is 2. The molecule has 0 amide bonds. The Kier molecular flexibility index (Phi) is 4.65. The van der Waals surface area contributed by atoms with Crippen molar-refractivity contribution in [3.05, 3.63) is 33.2 Å². The largest absolute Gasteiger partial charge is 0.393 e. The first-order valence-electron chi connectivity index (χ1n) is 5.75. The molecule has 0 aliphatic heterocycles. The lowest BCUT2D eigenvalue weighted by Gasteiger charge is -2.14. The Hall–Kier alpha value is -0.780. The molecule has 0 radical (unpaired) electrons. The molecule has 0 saturated heterocycles. The highest BCUT2D eigenvalue weighted by Gasteiger charge is 2.19. The summed E-state index contributed by atoms with van der Waals surface area (Å²) in [6, 6.07) is 0. The molecular weight excluding hydrogens is 252 g/mol. The number of rotatable bonds is 6. The Morgan fingerprint density at radius 1 is 1.12 bits per heavy atom. The zero-order valence-electron chi connectivity index (χ0n) is 9.74. The van der Waals surface area contributed by atoms with Crippen LogP contribution in [0.3, 0.4) is 0 Å². The van der Waals surface area contributed by atoms with Gasteiger partial charge >= 0.3 is 0 Å². The summed E-state index contributed by atoms with van der Waals surface area (Å²) >= 11 is 3.21. The molecule has 17 heavy (non-hydrogen) atoms. The molecule has 2 aromatic heterocycles. The average Bonchev–Trinajstić information content (AvgIpc) is 3.01. The maximum absolute atomic E-state index is 9.67. The van der Waals surface area contributed by atoms with Gasteiger partial charge in [0.25, 0.3) is 0 Å². The molecule has 2 rings (SSSR count). The summed E-state index contributed by atoms with van der Waals surface area (Å²) in [7, 11) is 0. The number of hydrogen-bond acceptors (Lipinski definition) is 5. The molecule has 0 aromatic carbocycles. The van der Waals surface area contributed by atoms with Gasteiger partial charge in [-0.25, -0.2) is 9.97 Å². The van der Waals surface area contributed by atoms with E-state index in [-0.39, 0.29) is 12.0 Å². The molecule has 5 heteroatoms. The molecule has 0 aliphatic rings. The Morgan fingerprint density at radius 3 is 2.12 bits per heavy atom. The predicted octanol–water partition coefficient (Wildman–Crippen LogP) is 3.28. The SMILES string of the molecule is CCC(O)CCC(c1cscn1)c1cscn1. The van der Waals surface area contributed by atoms with Gasteiger partial charge in [-0.2, -0.15) is 0 Å². The van der Waals surface area contributed by atoms with Crippen molar-refractivity contribution in [2.45, 2.75) is 38.2 Å². The molecule has 1 unspecified atom stereocenters. The van der Waals surface area contributed by atoms with Crippen molar-refractivity contribution in [2.24, 2.45) is 0 Å². The van der Waals surface area contributed by atoms with Gasteiger partial charge in [-0.15, -0.1) is 22.7 Å². The summed E-state index contributed by atoms with van der Waals surface area (Å²) in [6.45, 7) is 2.01. The molecular formula is C12H16N2OS2. The minimum atomic E-state index is -0.213. The summed E-state index contributed by atoms with van der Waals surface area (Å²) in [5, 5.41) is 13.8. The van der Waals surface area contributed by atoms with E-state index in [0.29, 0.717) is 0 Å². The fourth-order valence-electron chi connectivity index (χ4n) is 1.80. The highest BCUT2D eigenvalue weighted by atomic mass is 32.1. The van der Waals surface area contributed by atoms with Gasteiger partial charge in [0.15, 0.2) is 0 Å². The second kappa shape index (κ2) is 6.23. The van der Waals surface area contributed by atoms with Crippen LogP contribution in [0.25, 0.3) is 0 Å². The number of hydrogen-bond donors (Lipinski definition) is 1. The fraction of sp³-hybridized carbons (Fsp3) is 0.500. The van der Waals surface area contributed by atoms with Crippen LogP contribution in [-0.4, -0.2) is 21.2 Å². The van der Waals surface area contributed by atoms with Gasteiger partial charge in [-0.05, 0) is 19.3 Å². The highest BCUT2D eigenvalue weighted by molar-refractivity contribution is 7.07. The van der Waals surface area contributed by atoms with E-state index in [1.54, 1.807) is 22.7 Å². The molecule has 3 nitrogen and oxygen atoms in total. The summed E-state index contributed by atoms with van der Waals surface area (Å²) in [5.41, 5.74) is 5.85. The third kappa shape index (κ3) is 3.34. The lowest BCUT2D eigenvalue weighted by Crippen LogP contribution is -2.09. The number of aliphatic hydroxyl groups excluding tert-OH is 1. The zero-order valence-corrected chi connectivity index (χ0v) is 11.4. The number of aliphatic hydroxyl groups is 1. The van der Waals surface area contributed by atoms with E-state index in [9.17, 15) is 5.11 Å². The molecule has 0 fully saturated rings. The summed E-state index contributed by atoms with van der Waals surface area (Å²) in [5.74, 6) is 0.230. The van der Waals surface area contributed by atoms with Crippen molar-refractivity contribution in [1.29, 1.82) is 0 Å². The quantitative estimate of drug-likeness (QED) is 0.874. The molecule has 1 atom stereocenters. The first kappa shape index (κ1) is 12.7. The Morgan fingerprint density at radius 2 is 1.71 bits per heavy atom. The molecule has 0 bridgehead atoms. The maximum atomic E-state index is 9.67. The van der Waals surface area contributed by atoms with Crippen LogP contribution >= 0.6 is 22.7 Å². The zero-order chi connectivity index (χ0) is 12.1. The first-order chi connectivity index (χ1) is 8.31. The smallest absolute Gasteiger partial charge is 0.0794 e. The van der Waals surface area contributed by atoms with Gasteiger partial charge in [0.1, 0.15) is 0 Å². The van der Waals surface area contributed by atoms with Crippen LogP contribution in [0.4, 0.5) is 0 Å². The minimum Gasteiger partial charge on any atom is -0.393 e. The summed E-state index contributed by atoms with van der Waals surface area (Å²) in [4.78, 5) is 8.76. The van der Waals surface area contributed by atoms with Crippen LogP contribution in [-0.2, 0) is 0 Å². The Labute approximate surface area is 109 Å². The molecule has 0 aliphatic carbocycles. The van der Waals surface area contributed by atoms with Gasteiger partial charge in [-0.1, -0.05) is 6.92 Å². The van der Waals surface area contributed by atoms with E-state index >= 15 is 0 Å². The second-order valence-electron chi connectivity index (χ2n) is 4.02. The third-order valence-electron chi connectivity index (χ3n) is 2.88. The molecule has 0 spiro atoms. The molecule has 0 saturated carbocycles. The van der Waals surface area contributed by atoms with Crippen LogP contribution in [0.2, 0.25) is 0 Å². The van der Waals surface area contributed by atoms with Gasteiger partial charge in [-0.3, -0.25) is 0 Å². The van der Waals surface area contributed by atoms with Crippen LogP contribution in [0, 0.1) is 0 Å². The van der Waals surface area contributed by atoms with Gasteiger partial charge in [0.2, 0.25) is 0 Å². The molecule has 92 valence electrons. The standard InChI is InChI=1S/C12H16N2OS2/c1-2-9(15)3-4-10(11-5-16-7-13-11)12-6-17-8-14-12/h5-10,15H,2-4H2,1H3. The number of aromatic nitrogens is 2. The lowest BCUT2D eigenvalue weighted by atomic mass is 9.95. The highest BCUT2D eigenvalue weighted by Crippen LogP contribution is 2.29. The monoisotopic (exact) mass is 268 g/mol. The minimum absolute atomic E-state index is 0.213. The third-order valence-corrected chi connectivity index (χ3v) is 4.09. The van der Waals surface area contributed by atoms with Crippen LogP contribution < -0.4 is 0 Å².